The van der Waals surface area contributed by atoms with Gasteiger partial charge in [0.2, 0.25) is 10.0 Å². The first kappa shape index (κ1) is 13.6. The van der Waals surface area contributed by atoms with E-state index in [0.29, 0.717) is 0 Å². The van der Waals surface area contributed by atoms with Crippen LogP contribution in [0, 0.1) is 0 Å². The van der Waals surface area contributed by atoms with Gasteiger partial charge in [0, 0.05) is 5.41 Å². The standard InChI is InChI=1S/C10H11NO4S2/c1-2-3-8-16(12,13)9-4-6-10(7-5-9)17(11,14)15/h2-8H,1H2,(H2,11,14,15). The molecule has 0 bridgehead atoms. The molecule has 0 amide bonds. The number of benzene rings is 1. The summed E-state index contributed by atoms with van der Waals surface area (Å²) in [5.74, 6) is 0. The highest BCUT2D eigenvalue weighted by Crippen LogP contribution is 2.15. The van der Waals surface area contributed by atoms with Crippen LogP contribution in [0.2, 0.25) is 0 Å². The lowest BCUT2D eigenvalue weighted by atomic mass is 10.4. The minimum absolute atomic E-state index is 0.0111. The Bertz CT molecular complexity index is 640. The van der Waals surface area contributed by atoms with Crippen molar-refractivity contribution in [2.75, 3.05) is 0 Å². The zero-order chi connectivity index (χ0) is 13.1. The van der Waals surface area contributed by atoms with Crippen molar-refractivity contribution in [1.29, 1.82) is 0 Å². The van der Waals surface area contributed by atoms with E-state index in [9.17, 15) is 16.8 Å². The minimum Gasteiger partial charge on any atom is -0.225 e. The van der Waals surface area contributed by atoms with Gasteiger partial charge in [0.15, 0.2) is 9.84 Å². The Balaban J connectivity index is 3.21. The SMILES string of the molecule is C=CC=CS(=O)(=O)c1ccc(S(N)(=O)=O)cc1. The van der Waals surface area contributed by atoms with E-state index >= 15 is 0 Å². The predicted molar refractivity (Wildman–Crippen MR) is 64.3 cm³/mol. The summed E-state index contributed by atoms with van der Waals surface area (Å²) >= 11 is 0. The molecular formula is C10H11NO4S2. The molecule has 1 aromatic rings. The third-order valence-corrected chi connectivity index (χ3v) is 4.25. The van der Waals surface area contributed by atoms with Gasteiger partial charge in [0.25, 0.3) is 0 Å². The lowest BCUT2D eigenvalue weighted by molar-refractivity contribution is 0.596. The fourth-order valence-electron chi connectivity index (χ4n) is 1.06. The fraction of sp³-hybridized carbons (Fsp3) is 0. The van der Waals surface area contributed by atoms with E-state index in [1.54, 1.807) is 0 Å². The highest BCUT2D eigenvalue weighted by atomic mass is 32.2. The van der Waals surface area contributed by atoms with Gasteiger partial charge in [-0.15, -0.1) is 0 Å². The third-order valence-electron chi connectivity index (χ3n) is 1.87. The van der Waals surface area contributed by atoms with Gasteiger partial charge in [-0.05, 0) is 24.3 Å². The normalized spacial score (nSPS) is 12.8. The highest BCUT2D eigenvalue weighted by molar-refractivity contribution is 7.94. The molecule has 0 aliphatic rings. The van der Waals surface area contributed by atoms with Gasteiger partial charge in [-0.2, -0.15) is 0 Å². The Kier molecular flexibility index (Phi) is 3.87. The summed E-state index contributed by atoms with van der Waals surface area (Å²) in [7, 11) is -7.38. The number of primary sulfonamides is 1. The molecule has 0 atom stereocenters. The summed E-state index contributed by atoms with van der Waals surface area (Å²) in [4.78, 5) is -0.146. The predicted octanol–water partition coefficient (Wildman–Crippen LogP) is 0.807. The van der Waals surface area contributed by atoms with E-state index in [2.05, 4.69) is 6.58 Å². The molecule has 2 N–H and O–H groups in total. The van der Waals surface area contributed by atoms with Crippen molar-refractivity contribution in [2.45, 2.75) is 9.79 Å². The molecule has 0 heterocycles. The summed E-state index contributed by atoms with van der Waals surface area (Å²) in [6, 6.07) is 4.65. The van der Waals surface area contributed by atoms with Gasteiger partial charge in [-0.25, -0.2) is 22.0 Å². The van der Waals surface area contributed by atoms with Crippen LogP contribution in [0.25, 0.3) is 0 Å². The van der Waals surface area contributed by atoms with Crippen molar-refractivity contribution in [3.8, 4) is 0 Å². The fourth-order valence-corrected chi connectivity index (χ4v) is 2.56. The van der Waals surface area contributed by atoms with E-state index in [1.807, 2.05) is 0 Å². The maximum atomic E-state index is 11.6. The van der Waals surface area contributed by atoms with Gasteiger partial charge in [0.1, 0.15) is 0 Å². The first-order chi connectivity index (χ1) is 7.77. The second kappa shape index (κ2) is 4.82. The van der Waals surface area contributed by atoms with Crippen LogP contribution in [0.15, 0.2) is 58.2 Å². The molecular weight excluding hydrogens is 262 g/mol. The maximum absolute atomic E-state index is 11.6. The molecule has 92 valence electrons. The van der Waals surface area contributed by atoms with Crippen molar-refractivity contribution in [2.24, 2.45) is 5.14 Å². The Labute approximate surface area is 100 Å². The van der Waals surface area contributed by atoms with Crippen LogP contribution in [0.1, 0.15) is 0 Å². The van der Waals surface area contributed by atoms with E-state index < -0.39 is 19.9 Å². The van der Waals surface area contributed by atoms with Gasteiger partial charge in [0.05, 0.1) is 9.79 Å². The van der Waals surface area contributed by atoms with Crippen molar-refractivity contribution in [3.05, 3.63) is 48.4 Å². The molecule has 17 heavy (non-hydrogen) atoms. The highest BCUT2D eigenvalue weighted by Gasteiger charge is 2.12. The summed E-state index contributed by atoms with van der Waals surface area (Å²) in [5.41, 5.74) is 0. The lowest BCUT2D eigenvalue weighted by Gasteiger charge is -2.01. The van der Waals surface area contributed by atoms with Crippen molar-refractivity contribution in [1.82, 2.24) is 0 Å². The van der Waals surface area contributed by atoms with Gasteiger partial charge >= 0.3 is 0 Å². The largest absolute Gasteiger partial charge is 0.238 e. The Morgan fingerprint density at radius 3 is 1.88 bits per heavy atom. The molecule has 0 radical (unpaired) electrons. The lowest BCUT2D eigenvalue weighted by Crippen LogP contribution is -2.12. The van der Waals surface area contributed by atoms with Crippen LogP contribution in [-0.4, -0.2) is 16.8 Å². The second-order valence-corrected chi connectivity index (χ2v) is 6.52. The number of allylic oxidation sites excluding steroid dienone is 2. The number of nitrogens with two attached hydrogens (primary N) is 1. The first-order valence-corrected chi connectivity index (χ1v) is 7.54. The van der Waals surface area contributed by atoms with Crippen LogP contribution in [0.3, 0.4) is 0 Å². The number of sulfonamides is 1. The van der Waals surface area contributed by atoms with Crippen LogP contribution in [-0.2, 0) is 19.9 Å². The maximum Gasteiger partial charge on any atom is 0.238 e. The molecule has 0 unspecified atom stereocenters. The van der Waals surface area contributed by atoms with Crippen LogP contribution >= 0.6 is 0 Å². The van der Waals surface area contributed by atoms with E-state index in [1.165, 1.54) is 24.3 Å². The molecule has 0 aromatic heterocycles. The number of hydrogen-bond acceptors (Lipinski definition) is 4. The van der Waals surface area contributed by atoms with E-state index in [0.717, 1.165) is 17.5 Å². The topological polar surface area (TPSA) is 94.3 Å². The monoisotopic (exact) mass is 273 g/mol. The third kappa shape index (κ3) is 3.52. The van der Waals surface area contributed by atoms with Gasteiger partial charge in [-0.1, -0.05) is 18.7 Å². The second-order valence-electron chi connectivity index (χ2n) is 3.13. The molecule has 0 saturated heterocycles. The van der Waals surface area contributed by atoms with Crippen molar-refractivity contribution >= 4 is 19.9 Å². The average Bonchev–Trinajstić information content (AvgIpc) is 2.25. The number of sulfone groups is 1. The minimum atomic E-state index is -3.81. The summed E-state index contributed by atoms with van der Waals surface area (Å²) < 4.78 is 45.2. The smallest absolute Gasteiger partial charge is 0.225 e. The molecule has 0 spiro atoms. The van der Waals surface area contributed by atoms with Crippen LogP contribution < -0.4 is 5.14 Å². The van der Waals surface area contributed by atoms with Gasteiger partial charge < -0.3 is 0 Å². The molecule has 7 heteroatoms. The van der Waals surface area contributed by atoms with Crippen LogP contribution in [0.5, 0.6) is 0 Å². The molecule has 0 aliphatic heterocycles. The number of hydrogen-bond donors (Lipinski definition) is 1. The first-order valence-electron chi connectivity index (χ1n) is 4.44. The quantitative estimate of drug-likeness (QED) is 0.821. The Morgan fingerprint density at radius 2 is 1.47 bits per heavy atom. The molecule has 1 rings (SSSR count). The zero-order valence-electron chi connectivity index (χ0n) is 8.78. The van der Waals surface area contributed by atoms with Crippen molar-refractivity contribution < 1.29 is 16.8 Å². The van der Waals surface area contributed by atoms with Crippen LogP contribution in [0.4, 0.5) is 0 Å². The van der Waals surface area contributed by atoms with E-state index in [-0.39, 0.29) is 9.79 Å². The molecule has 5 nitrogen and oxygen atoms in total. The summed E-state index contributed by atoms with van der Waals surface area (Å²) in [5, 5.41) is 5.87. The number of rotatable bonds is 4. The summed E-state index contributed by atoms with van der Waals surface area (Å²) in [6.45, 7) is 3.36. The van der Waals surface area contributed by atoms with E-state index in [4.69, 9.17) is 5.14 Å². The molecule has 0 saturated carbocycles. The van der Waals surface area contributed by atoms with Gasteiger partial charge in [-0.3, -0.25) is 0 Å². The zero-order valence-corrected chi connectivity index (χ0v) is 10.4. The molecule has 1 aromatic carbocycles. The molecule has 0 aliphatic carbocycles. The Hall–Kier alpha value is -1.44. The summed E-state index contributed by atoms with van der Waals surface area (Å²) in [6.07, 6.45) is 2.61. The Morgan fingerprint density at radius 1 is 1.00 bits per heavy atom. The molecule has 0 fully saturated rings. The van der Waals surface area contributed by atoms with Crippen molar-refractivity contribution in [3.63, 3.8) is 0 Å². The average molecular weight is 273 g/mol.